The Kier molecular flexibility index (Phi) is 16.2. The first-order valence-electron chi connectivity index (χ1n) is 24.5. The van der Waals surface area contributed by atoms with E-state index in [0.717, 1.165) is 69.2 Å². The summed E-state index contributed by atoms with van der Waals surface area (Å²) in [6.07, 6.45) is 17.0. The van der Waals surface area contributed by atoms with E-state index >= 15 is 0 Å². The Balaban J connectivity index is 0.686. The Hall–Kier alpha value is -8.14. The summed E-state index contributed by atoms with van der Waals surface area (Å²) in [6.45, 7) is 8.29. The van der Waals surface area contributed by atoms with Crippen molar-refractivity contribution in [1.29, 1.82) is 5.26 Å². The lowest BCUT2D eigenvalue weighted by Gasteiger charge is -2.39. The largest absolute Gasteiger partial charge is 0.465 e. The molecule has 5 aromatic heterocycles. The number of nitrogens with zero attached hydrogens (tertiary/aromatic N) is 12. The van der Waals surface area contributed by atoms with Crippen LogP contribution in [0.3, 0.4) is 0 Å². The van der Waals surface area contributed by atoms with E-state index in [-0.39, 0.29) is 30.2 Å². The molecule has 19 nitrogen and oxygen atoms in total. The van der Waals surface area contributed by atoms with E-state index in [1.807, 2.05) is 71.8 Å². The lowest BCUT2D eigenvalue weighted by Crippen LogP contribution is -2.56. The monoisotopic (exact) mass is 973 g/mol. The van der Waals surface area contributed by atoms with Crippen molar-refractivity contribution in [3.8, 4) is 40.2 Å². The van der Waals surface area contributed by atoms with E-state index in [0.29, 0.717) is 89.6 Å². The van der Waals surface area contributed by atoms with Gasteiger partial charge in [0.15, 0.2) is 5.78 Å². The average Bonchev–Trinajstić information content (AvgIpc) is 3.95. The number of Topliss-reactive ketones (excluding diaryl/α,β-unsaturated/α-hetero) is 1. The highest BCUT2D eigenvalue weighted by Crippen LogP contribution is 2.40. The molecular formula is C53H59N13O6. The SMILES string of the molecule is COC(=O)c1ccc(Oc2cccc(-c3cn(CCCCCCCCCCC(=O)NCC(=O)N4CCN(c5ncc(-c6ccc7c(n6)N(Cc6cccnc6C#N)C(C)(C)C7=O)cn5)C[C@H]4C)nn3)c2)nc1. The van der Waals surface area contributed by atoms with Gasteiger partial charge >= 0.3 is 5.97 Å². The van der Waals surface area contributed by atoms with Gasteiger partial charge in [0.1, 0.15) is 29.0 Å². The molecule has 0 aliphatic carbocycles. The van der Waals surface area contributed by atoms with Crippen LogP contribution in [0.25, 0.3) is 22.5 Å². The van der Waals surface area contributed by atoms with Gasteiger partial charge in [0.2, 0.25) is 23.6 Å². The molecule has 2 amide bonds. The molecule has 0 bridgehead atoms. The highest BCUT2D eigenvalue weighted by Gasteiger charge is 2.45. The molecule has 372 valence electrons. The molecule has 8 rings (SSSR count). The second-order valence-electron chi connectivity index (χ2n) is 18.5. The highest BCUT2D eigenvalue weighted by atomic mass is 16.5. The maximum absolute atomic E-state index is 13.4. The first-order chi connectivity index (χ1) is 34.9. The number of carbonyl (C=O) groups excluding carboxylic acids is 4. The van der Waals surface area contributed by atoms with Crippen molar-refractivity contribution < 1.29 is 28.7 Å². The van der Waals surface area contributed by atoms with Gasteiger partial charge in [-0.05, 0) is 70.0 Å². The number of aryl methyl sites for hydroxylation is 1. The van der Waals surface area contributed by atoms with Crippen LogP contribution in [0.15, 0.2) is 91.6 Å². The summed E-state index contributed by atoms with van der Waals surface area (Å²) in [5.74, 6) is 1.30. The van der Waals surface area contributed by atoms with Gasteiger partial charge < -0.3 is 29.5 Å². The van der Waals surface area contributed by atoms with Crippen LogP contribution in [-0.4, -0.2) is 113 Å². The van der Waals surface area contributed by atoms with Crippen LogP contribution in [0.4, 0.5) is 11.8 Å². The van der Waals surface area contributed by atoms with Gasteiger partial charge in [0, 0.05) is 92.7 Å². The molecule has 0 unspecified atom stereocenters. The maximum atomic E-state index is 13.4. The number of carbonyl (C=O) groups is 4. The molecule has 1 N–H and O–H groups in total. The van der Waals surface area contributed by atoms with E-state index in [2.05, 4.69) is 41.6 Å². The Morgan fingerprint density at radius 1 is 0.861 bits per heavy atom. The number of unbranched alkanes of at least 4 members (excludes halogenated alkanes) is 7. The number of aromatic nitrogens is 8. The van der Waals surface area contributed by atoms with Gasteiger partial charge in [-0.3, -0.25) is 19.1 Å². The van der Waals surface area contributed by atoms with Gasteiger partial charge in [0.25, 0.3) is 0 Å². The van der Waals surface area contributed by atoms with Crippen molar-refractivity contribution in [3.05, 3.63) is 114 Å². The van der Waals surface area contributed by atoms with E-state index in [4.69, 9.17) is 14.5 Å². The fraction of sp³-hybridized carbons (Fsp3) is 0.396. The predicted octanol–water partition coefficient (Wildman–Crippen LogP) is 7.38. The minimum atomic E-state index is -0.872. The van der Waals surface area contributed by atoms with Gasteiger partial charge in [0.05, 0.1) is 42.2 Å². The predicted molar refractivity (Wildman–Crippen MR) is 268 cm³/mol. The third-order valence-corrected chi connectivity index (χ3v) is 13.1. The molecule has 0 spiro atoms. The number of benzene rings is 1. The Labute approximate surface area is 418 Å². The van der Waals surface area contributed by atoms with Gasteiger partial charge in [-0.25, -0.2) is 29.7 Å². The molecule has 1 aromatic carbocycles. The number of methoxy groups -OCH3 is 1. The molecule has 1 fully saturated rings. The van der Waals surface area contributed by atoms with E-state index in [1.165, 1.54) is 13.3 Å². The smallest absolute Gasteiger partial charge is 0.339 e. The van der Waals surface area contributed by atoms with Gasteiger partial charge in [-0.2, -0.15) is 5.26 Å². The van der Waals surface area contributed by atoms with Crippen LogP contribution in [0.2, 0.25) is 0 Å². The zero-order valence-electron chi connectivity index (χ0n) is 41.2. The number of hydrogen-bond acceptors (Lipinski definition) is 16. The zero-order chi connectivity index (χ0) is 50.6. The Morgan fingerprint density at radius 2 is 1.64 bits per heavy atom. The van der Waals surface area contributed by atoms with E-state index < -0.39 is 11.5 Å². The molecule has 1 atom stereocenters. The number of pyridine rings is 3. The maximum Gasteiger partial charge on any atom is 0.339 e. The molecule has 1 saturated heterocycles. The summed E-state index contributed by atoms with van der Waals surface area (Å²) in [5, 5.41) is 21.1. The lowest BCUT2D eigenvalue weighted by atomic mass is 9.97. The first kappa shape index (κ1) is 50.3. The zero-order valence-corrected chi connectivity index (χ0v) is 41.2. The number of ether oxygens (including phenoxy) is 2. The Morgan fingerprint density at radius 3 is 2.38 bits per heavy atom. The normalized spacial score (nSPS) is 15.0. The number of hydrogen-bond donors (Lipinski definition) is 1. The van der Waals surface area contributed by atoms with Crippen molar-refractivity contribution in [1.82, 2.24) is 50.1 Å². The molecule has 2 aliphatic heterocycles. The van der Waals surface area contributed by atoms with Crippen LogP contribution in [0.5, 0.6) is 11.6 Å². The number of nitriles is 1. The first-order valence-corrected chi connectivity index (χ1v) is 24.5. The molecule has 6 aromatic rings. The average molecular weight is 974 g/mol. The number of piperazine rings is 1. The number of amides is 2. The van der Waals surface area contributed by atoms with E-state index in [1.54, 1.807) is 53.8 Å². The fourth-order valence-electron chi connectivity index (χ4n) is 8.99. The molecule has 72 heavy (non-hydrogen) atoms. The summed E-state index contributed by atoms with van der Waals surface area (Å²) < 4.78 is 12.5. The lowest BCUT2D eigenvalue weighted by molar-refractivity contribution is -0.134. The summed E-state index contributed by atoms with van der Waals surface area (Å²) >= 11 is 0. The van der Waals surface area contributed by atoms with Crippen molar-refractivity contribution in [2.45, 2.75) is 103 Å². The molecular weight excluding hydrogens is 915 g/mol. The molecule has 7 heterocycles. The van der Waals surface area contributed by atoms with Crippen molar-refractivity contribution in [2.24, 2.45) is 0 Å². The molecule has 0 radical (unpaired) electrons. The number of esters is 1. The van der Waals surface area contributed by atoms with Gasteiger partial charge in [-0.15, -0.1) is 5.10 Å². The van der Waals surface area contributed by atoms with E-state index in [9.17, 15) is 24.4 Å². The minimum Gasteiger partial charge on any atom is -0.465 e. The highest BCUT2D eigenvalue weighted by molar-refractivity contribution is 6.13. The van der Waals surface area contributed by atoms with Crippen LogP contribution in [0, 0.1) is 11.3 Å². The topological polar surface area (TPSA) is 227 Å². The number of anilines is 2. The molecule has 2 aliphatic rings. The number of ketones is 1. The fourth-order valence-corrected chi connectivity index (χ4v) is 8.99. The third-order valence-electron chi connectivity index (χ3n) is 13.1. The molecule has 0 saturated carbocycles. The van der Waals surface area contributed by atoms with Crippen molar-refractivity contribution >= 4 is 35.3 Å². The third kappa shape index (κ3) is 12.1. The number of nitrogens with one attached hydrogen (secondary N) is 1. The standard InChI is InChI=1S/C53H59N13O6/c1-36-33-63(52-58-30-40(31-59-52)43-21-20-42-49(69)53(2,3)66(50(42)60-43)34-39-16-14-23-55-44(39)28-54)25-26-65(36)48(68)32-56-46(67)18-11-9-7-5-6-8-10-12-24-64-35-45(61-62-64)37-15-13-17-41(27-37)72-47-22-19-38(29-57-47)51(70)71-4/h13-17,19-23,27,29-31,35-36H,5-12,18,24-26,32-34H2,1-4H3,(H,56,67)/t36-/m1/s1. The summed E-state index contributed by atoms with van der Waals surface area (Å²) in [4.78, 5) is 79.3. The van der Waals surface area contributed by atoms with Crippen LogP contribution >= 0.6 is 0 Å². The summed E-state index contributed by atoms with van der Waals surface area (Å²) in [6, 6.07) is 20.0. The Bertz CT molecular complexity index is 2920. The van der Waals surface area contributed by atoms with Crippen LogP contribution in [0.1, 0.15) is 111 Å². The second kappa shape index (κ2) is 23.2. The minimum absolute atomic E-state index is 0.0305. The van der Waals surface area contributed by atoms with Crippen LogP contribution in [-0.2, 0) is 27.4 Å². The van der Waals surface area contributed by atoms with Crippen molar-refractivity contribution in [2.75, 3.05) is 43.1 Å². The second-order valence-corrected chi connectivity index (χ2v) is 18.5. The van der Waals surface area contributed by atoms with Gasteiger partial charge in [-0.1, -0.05) is 61.9 Å². The quantitative estimate of drug-likeness (QED) is 0.0548. The summed E-state index contributed by atoms with van der Waals surface area (Å²) in [5.41, 5.74) is 3.93. The summed E-state index contributed by atoms with van der Waals surface area (Å²) in [7, 11) is 1.32. The molecule has 19 heteroatoms. The number of fused-ring (bicyclic) bond motifs is 1. The van der Waals surface area contributed by atoms with Crippen molar-refractivity contribution in [3.63, 3.8) is 0 Å². The van der Waals surface area contributed by atoms with Crippen LogP contribution < -0.4 is 19.9 Å². The number of rotatable bonds is 21.